The molecule has 0 fully saturated rings. The first kappa shape index (κ1) is 12.1. The molecule has 0 amide bonds. The van der Waals surface area contributed by atoms with E-state index in [-0.39, 0.29) is 0 Å². The molecule has 2 N–H and O–H groups in total. The van der Waals surface area contributed by atoms with Crippen LogP contribution in [0.25, 0.3) is 11.5 Å². The van der Waals surface area contributed by atoms with Gasteiger partial charge in [-0.3, -0.25) is 0 Å². The Morgan fingerprint density at radius 3 is 2.47 bits per heavy atom. The minimum absolute atomic E-state index is 0.701. The molecule has 0 atom stereocenters. The smallest absolute Gasteiger partial charge is 0.179 e. The lowest BCUT2D eigenvalue weighted by Gasteiger charge is -2.09. The molecule has 0 aromatic carbocycles. The maximum atomic E-state index is 5.53. The maximum Gasteiger partial charge on any atom is 0.179 e. The molecule has 2 aromatic rings. The predicted octanol–water partition coefficient (Wildman–Crippen LogP) is 2.11. The van der Waals surface area contributed by atoms with E-state index in [4.69, 9.17) is 5.73 Å². The minimum Gasteiger partial charge on any atom is -0.330 e. The van der Waals surface area contributed by atoms with E-state index in [0.717, 1.165) is 35.7 Å². The van der Waals surface area contributed by atoms with Gasteiger partial charge in [0, 0.05) is 16.8 Å². The van der Waals surface area contributed by atoms with Crippen LogP contribution in [-0.4, -0.2) is 21.5 Å². The summed E-state index contributed by atoms with van der Waals surface area (Å²) in [6, 6.07) is 0. The number of aryl methyl sites for hydroxylation is 2. The first-order valence-electron chi connectivity index (χ1n) is 5.65. The second-order valence-electron chi connectivity index (χ2n) is 3.96. The lowest BCUT2D eigenvalue weighted by molar-refractivity contribution is 0.805. The molecule has 4 nitrogen and oxygen atoms in total. The van der Waals surface area contributed by atoms with Crippen LogP contribution < -0.4 is 5.73 Å². The van der Waals surface area contributed by atoms with Gasteiger partial charge in [0.1, 0.15) is 5.69 Å². The van der Waals surface area contributed by atoms with E-state index in [2.05, 4.69) is 15.0 Å². The summed E-state index contributed by atoms with van der Waals surface area (Å²) in [7, 11) is 0. The second kappa shape index (κ2) is 5.33. The van der Waals surface area contributed by atoms with Gasteiger partial charge in [0.05, 0.1) is 5.51 Å². The number of aromatic nitrogens is 3. The Balaban J connectivity index is 2.35. The highest BCUT2D eigenvalue weighted by atomic mass is 32.1. The zero-order valence-corrected chi connectivity index (χ0v) is 10.9. The number of rotatable bonds is 4. The third kappa shape index (κ3) is 2.68. The Hall–Kier alpha value is -1.33. The second-order valence-corrected chi connectivity index (χ2v) is 4.68. The zero-order valence-electron chi connectivity index (χ0n) is 10.1. The SMILES string of the molecule is Cc1nc(-c2cscn2)nc(C)c1CCCN. The van der Waals surface area contributed by atoms with E-state index in [1.54, 1.807) is 16.8 Å². The fourth-order valence-corrected chi connectivity index (χ4v) is 2.35. The topological polar surface area (TPSA) is 64.7 Å². The van der Waals surface area contributed by atoms with Gasteiger partial charge < -0.3 is 5.73 Å². The highest BCUT2D eigenvalue weighted by Crippen LogP contribution is 2.19. The molecule has 90 valence electrons. The van der Waals surface area contributed by atoms with E-state index in [1.165, 1.54) is 5.56 Å². The molecular weight excluding hydrogens is 232 g/mol. The lowest BCUT2D eigenvalue weighted by atomic mass is 10.1. The standard InChI is InChI=1S/C12H16N4S/c1-8-10(4-3-5-13)9(2)16-12(15-8)11-6-17-7-14-11/h6-7H,3-5,13H2,1-2H3. The van der Waals surface area contributed by atoms with E-state index in [9.17, 15) is 0 Å². The van der Waals surface area contributed by atoms with Crippen molar-refractivity contribution in [1.82, 2.24) is 15.0 Å². The Morgan fingerprint density at radius 1 is 1.24 bits per heavy atom. The summed E-state index contributed by atoms with van der Waals surface area (Å²) in [5.74, 6) is 0.720. The van der Waals surface area contributed by atoms with Crippen molar-refractivity contribution in [3.63, 3.8) is 0 Å². The summed E-state index contributed by atoms with van der Waals surface area (Å²) in [6.45, 7) is 4.75. The molecular formula is C12H16N4S. The Morgan fingerprint density at radius 2 is 1.94 bits per heavy atom. The van der Waals surface area contributed by atoms with Crippen LogP contribution in [-0.2, 0) is 6.42 Å². The maximum absolute atomic E-state index is 5.53. The van der Waals surface area contributed by atoms with Crippen LogP contribution in [0.2, 0.25) is 0 Å². The molecule has 0 saturated heterocycles. The fraction of sp³-hybridized carbons (Fsp3) is 0.417. The van der Waals surface area contributed by atoms with Crippen molar-refractivity contribution in [3.8, 4) is 11.5 Å². The molecule has 0 aliphatic rings. The average Bonchev–Trinajstić information content (AvgIpc) is 2.81. The van der Waals surface area contributed by atoms with Gasteiger partial charge in [-0.2, -0.15) is 0 Å². The van der Waals surface area contributed by atoms with Crippen molar-refractivity contribution >= 4 is 11.3 Å². The summed E-state index contributed by atoms with van der Waals surface area (Å²) in [6.07, 6.45) is 1.92. The van der Waals surface area contributed by atoms with E-state index < -0.39 is 0 Å². The van der Waals surface area contributed by atoms with E-state index >= 15 is 0 Å². The molecule has 0 aliphatic heterocycles. The lowest BCUT2D eigenvalue weighted by Crippen LogP contribution is -2.06. The summed E-state index contributed by atoms with van der Waals surface area (Å²) >= 11 is 1.56. The van der Waals surface area contributed by atoms with E-state index in [1.807, 2.05) is 19.2 Å². The number of nitrogens with zero attached hydrogens (tertiary/aromatic N) is 3. The molecule has 2 heterocycles. The molecule has 2 aromatic heterocycles. The Kier molecular flexibility index (Phi) is 3.81. The zero-order chi connectivity index (χ0) is 12.3. The van der Waals surface area contributed by atoms with E-state index in [0.29, 0.717) is 6.54 Å². The van der Waals surface area contributed by atoms with Gasteiger partial charge in [0.15, 0.2) is 5.82 Å². The fourth-order valence-electron chi connectivity index (χ4n) is 1.82. The van der Waals surface area contributed by atoms with Gasteiger partial charge in [0.2, 0.25) is 0 Å². The number of hydrogen-bond donors (Lipinski definition) is 1. The summed E-state index contributed by atoms with van der Waals surface area (Å²) < 4.78 is 0. The van der Waals surface area contributed by atoms with Crippen LogP contribution >= 0.6 is 11.3 Å². The molecule has 5 heteroatoms. The van der Waals surface area contributed by atoms with Crippen molar-refractivity contribution < 1.29 is 0 Å². The number of nitrogens with two attached hydrogens (primary N) is 1. The summed E-state index contributed by atoms with van der Waals surface area (Å²) in [4.78, 5) is 13.3. The highest BCUT2D eigenvalue weighted by Gasteiger charge is 2.10. The molecule has 0 aliphatic carbocycles. The molecule has 2 rings (SSSR count). The number of hydrogen-bond acceptors (Lipinski definition) is 5. The quantitative estimate of drug-likeness (QED) is 0.900. The molecule has 0 unspecified atom stereocenters. The van der Waals surface area contributed by atoms with Gasteiger partial charge in [-0.1, -0.05) is 0 Å². The van der Waals surface area contributed by atoms with Crippen LogP contribution in [0.5, 0.6) is 0 Å². The van der Waals surface area contributed by atoms with Crippen LogP contribution in [0.4, 0.5) is 0 Å². The van der Waals surface area contributed by atoms with Gasteiger partial charge in [-0.05, 0) is 38.8 Å². The Bertz CT molecular complexity index is 470. The van der Waals surface area contributed by atoms with Crippen molar-refractivity contribution in [3.05, 3.63) is 27.8 Å². The van der Waals surface area contributed by atoms with Crippen molar-refractivity contribution in [2.75, 3.05) is 6.54 Å². The largest absolute Gasteiger partial charge is 0.330 e. The third-order valence-electron chi connectivity index (χ3n) is 2.71. The first-order chi connectivity index (χ1) is 8.22. The van der Waals surface area contributed by atoms with Crippen molar-refractivity contribution in [1.29, 1.82) is 0 Å². The molecule has 0 spiro atoms. The van der Waals surface area contributed by atoms with Crippen LogP contribution in [0.3, 0.4) is 0 Å². The summed E-state index contributed by atoms with van der Waals surface area (Å²) in [5.41, 5.74) is 11.5. The monoisotopic (exact) mass is 248 g/mol. The average molecular weight is 248 g/mol. The summed E-state index contributed by atoms with van der Waals surface area (Å²) in [5, 5.41) is 1.97. The van der Waals surface area contributed by atoms with Gasteiger partial charge >= 0.3 is 0 Å². The molecule has 0 radical (unpaired) electrons. The molecule has 0 bridgehead atoms. The van der Waals surface area contributed by atoms with Crippen LogP contribution in [0, 0.1) is 13.8 Å². The number of thiazole rings is 1. The van der Waals surface area contributed by atoms with Gasteiger partial charge in [-0.25, -0.2) is 15.0 Å². The van der Waals surface area contributed by atoms with Crippen LogP contribution in [0.15, 0.2) is 10.9 Å². The van der Waals surface area contributed by atoms with Crippen molar-refractivity contribution in [2.45, 2.75) is 26.7 Å². The Labute approximate surface area is 105 Å². The third-order valence-corrected chi connectivity index (χ3v) is 3.30. The first-order valence-corrected chi connectivity index (χ1v) is 6.59. The predicted molar refractivity (Wildman–Crippen MR) is 70.0 cm³/mol. The molecule has 0 saturated carbocycles. The highest BCUT2D eigenvalue weighted by molar-refractivity contribution is 7.07. The van der Waals surface area contributed by atoms with Gasteiger partial charge in [-0.15, -0.1) is 11.3 Å². The van der Waals surface area contributed by atoms with Crippen LogP contribution in [0.1, 0.15) is 23.4 Å². The van der Waals surface area contributed by atoms with Crippen molar-refractivity contribution in [2.24, 2.45) is 5.73 Å². The van der Waals surface area contributed by atoms with Gasteiger partial charge in [0.25, 0.3) is 0 Å². The normalized spacial score (nSPS) is 10.8. The minimum atomic E-state index is 0.701. The molecule has 17 heavy (non-hydrogen) atoms.